The normalized spacial score (nSPS) is 12.1. The average Bonchev–Trinajstić information content (AvgIpc) is 2.36. The number of hydrogen-bond donors (Lipinski definition) is 0. The Hall–Kier alpha value is -1.51. The van der Waals surface area contributed by atoms with E-state index in [-0.39, 0.29) is 0 Å². The summed E-state index contributed by atoms with van der Waals surface area (Å²) >= 11 is 0. The molecule has 3 nitrogen and oxygen atoms in total. The molecule has 102 valence electrons. The zero-order chi connectivity index (χ0) is 14.2. The summed E-state index contributed by atoms with van der Waals surface area (Å²) in [5, 5.41) is 1.15. The van der Waals surface area contributed by atoms with Crippen LogP contribution in [0.15, 0.2) is 12.3 Å². The highest BCUT2D eigenvalue weighted by Crippen LogP contribution is 2.26. The van der Waals surface area contributed by atoms with Crippen molar-refractivity contribution in [1.29, 1.82) is 0 Å². The van der Waals surface area contributed by atoms with E-state index in [9.17, 15) is 0 Å². The van der Waals surface area contributed by atoms with Crippen LogP contribution in [-0.2, 0) is 0 Å². The first kappa shape index (κ1) is 13.9. The highest BCUT2D eigenvalue weighted by molar-refractivity contribution is 5.81. The number of fused-ring (bicyclic) bond motifs is 1. The third-order valence-corrected chi connectivity index (χ3v) is 3.30. The molecule has 0 fully saturated rings. The summed E-state index contributed by atoms with van der Waals surface area (Å²) in [7, 11) is 0. The van der Waals surface area contributed by atoms with Crippen molar-refractivity contribution in [1.82, 2.24) is 15.0 Å². The van der Waals surface area contributed by atoms with Crippen LogP contribution in [0.4, 0.5) is 0 Å². The SMILES string of the molecule is CC(C)c1cc2c(C(C)C)nc(C(C)C)nc2cn1. The van der Waals surface area contributed by atoms with Crippen LogP contribution in [0.2, 0.25) is 0 Å². The maximum atomic E-state index is 4.76. The molecule has 0 unspecified atom stereocenters. The van der Waals surface area contributed by atoms with Crippen molar-refractivity contribution in [2.75, 3.05) is 0 Å². The van der Waals surface area contributed by atoms with Gasteiger partial charge in [0.1, 0.15) is 5.82 Å². The Balaban J connectivity index is 2.72. The van der Waals surface area contributed by atoms with E-state index in [0.717, 1.165) is 28.1 Å². The Kier molecular flexibility index (Phi) is 3.83. The summed E-state index contributed by atoms with van der Waals surface area (Å²) in [6.45, 7) is 12.9. The van der Waals surface area contributed by atoms with Gasteiger partial charge in [0.05, 0.1) is 17.4 Å². The summed E-state index contributed by atoms with van der Waals surface area (Å²) in [6.07, 6.45) is 1.89. The molecule has 0 aliphatic heterocycles. The van der Waals surface area contributed by atoms with Crippen molar-refractivity contribution >= 4 is 10.9 Å². The van der Waals surface area contributed by atoms with E-state index < -0.39 is 0 Å². The lowest BCUT2D eigenvalue weighted by atomic mass is 10.0. The first-order valence-electron chi connectivity index (χ1n) is 7.07. The topological polar surface area (TPSA) is 38.7 Å². The summed E-state index contributed by atoms with van der Waals surface area (Å²) in [6, 6.07) is 2.15. The Morgan fingerprint density at radius 1 is 0.842 bits per heavy atom. The van der Waals surface area contributed by atoms with Gasteiger partial charge >= 0.3 is 0 Å². The van der Waals surface area contributed by atoms with E-state index in [1.807, 2.05) is 6.20 Å². The largest absolute Gasteiger partial charge is 0.259 e. The van der Waals surface area contributed by atoms with Gasteiger partial charge in [-0.05, 0) is 17.9 Å². The van der Waals surface area contributed by atoms with Crippen LogP contribution in [0.25, 0.3) is 10.9 Å². The van der Waals surface area contributed by atoms with Gasteiger partial charge in [0.15, 0.2) is 0 Å². The van der Waals surface area contributed by atoms with Crippen molar-refractivity contribution in [2.45, 2.75) is 59.3 Å². The lowest BCUT2D eigenvalue weighted by molar-refractivity contribution is 0.741. The fourth-order valence-corrected chi connectivity index (χ4v) is 2.10. The molecule has 0 bridgehead atoms. The van der Waals surface area contributed by atoms with Crippen LogP contribution in [0.3, 0.4) is 0 Å². The van der Waals surface area contributed by atoms with E-state index in [4.69, 9.17) is 4.98 Å². The van der Waals surface area contributed by atoms with Crippen molar-refractivity contribution in [3.63, 3.8) is 0 Å². The second kappa shape index (κ2) is 5.24. The summed E-state index contributed by atoms with van der Waals surface area (Å²) in [5.74, 6) is 2.07. The van der Waals surface area contributed by atoms with Crippen molar-refractivity contribution in [3.8, 4) is 0 Å². The van der Waals surface area contributed by atoms with Crippen molar-refractivity contribution in [2.24, 2.45) is 0 Å². The maximum absolute atomic E-state index is 4.76. The molecule has 0 spiro atoms. The smallest absolute Gasteiger partial charge is 0.131 e. The van der Waals surface area contributed by atoms with Crippen molar-refractivity contribution in [3.05, 3.63) is 29.5 Å². The third kappa shape index (κ3) is 2.75. The highest BCUT2D eigenvalue weighted by atomic mass is 14.9. The van der Waals surface area contributed by atoms with Gasteiger partial charge in [-0.15, -0.1) is 0 Å². The first-order valence-corrected chi connectivity index (χ1v) is 7.07. The van der Waals surface area contributed by atoms with Gasteiger partial charge < -0.3 is 0 Å². The van der Waals surface area contributed by atoms with Crippen LogP contribution in [0, 0.1) is 0 Å². The van der Waals surface area contributed by atoms with Gasteiger partial charge in [-0.1, -0.05) is 41.5 Å². The molecule has 2 aromatic rings. The van der Waals surface area contributed by atoms with Gasteiger partial charge in [-0.2, -0.15) is 0 Å². The zero-order valence-electron chi connectivity index (χ0n) is 12.7. The van der Waals surface area contributed by atoms with Gasteiger partial charge in [0, 0.05) is 17.0 Å². The molecule has 19 heavy (non-hydrogen) atoms. The number of pyridine rings is 1. The zero-order valence-corrected chi connectivity index (χ0v) is 12.7. The predicted octanol–water partition coefficient (Wildman–Crippen LogP) is 4.40. The van der Waals surface area contributed by atoms with Gasteiger partial charge in [0.2, 0.25) is 0 Å². The average molecular weight is 257 g/mol. The molecule has 2 aromatic heterocycles. The number of nitrogens with zero attached hydrogens (tertiary/aromatic N) is 3. The molecule has 0 aliphatic carbocycles. The maximum Gasteiger partial charge on any atom is 0.131 e. The Labute approximate surface area is 115 Å². The molecule has 0 atom stereocenters. The van der Waals surface area contributed by atoms with Crippen LogP contribution in [-0.4, -0.2) is 15.0 Å². The van der Waals surface area contributed by atoms with Gasteiger partial charge in [0.25, 0.3) is 0 Å². The lowest BCUT2D eigenvalue weighted by Gasteiger charge is -2.14. The van der Waals surface area contributed by atoms with Gasteiger partial charge in [-0.3, -0.25) is 4.98 Å². The number of aromatic nitrogens is 3. The Morgan fingerprint density at radius 3 is 2.05 bits per heavy atom. The molecule has 2 heterocycles. The Morgan fingerprint density at radius 2 is 1.53 bits per heavy atom. The summed E-state index contributed by atoms with van der Waals surface area (Å²) in [4.78, 5) is 13.9. The summed E-state index contributed by atoms with van der Waals surface area (Å²) in [5.41, 5.74) is 3.21. The Bertz CT molecular complexity index is 586. The molecule has 0 N–H and O–H groups in total. The van der Waals surface area contributed by atoms with E-state index in [2.05, 4.69) is 57.6 Å². The molecule has 0 radical (unpaired) electrons. The molecule has 0 amide bonds. The van der Waals surface area contributed by atoms with E-state index in [1.165, 1.54) is 0 Å². The number of hydrogen-bond acceptors (Lipinski definition) is 3. The van der Waals surface area contributed by atoms with Crippen LogP contribution < -0.4 is 0 Å². The molecule has 0 saturated heterocycles. The third-order valence-electron chi connectivity index (χ3n) is 3.30. The molecular weight excluding hydrogens is 234 g/mol. The lowest BCUT2D eigenvalue weighted by Crippen LogP contribution is -2.05. The fourth-order valence-electron chi connectivity index (χ4n) is 2.10. The molecule has 0 aliphatic rings. The molecule has 0 aromatic carbocycles. The van der Waals surface area contributed by atoms with E-state index in [1.54, 1.807) is 0 Å². The van der Waals surface area contributed by atoms with Crippen LogP contribution >= 0.6 is 0 Å². The number of rotatable bonds is 3. The molecule has 0 saturated carbocycles. The minimum absolute atomic E-state index is 0.340. The highest BCUT2D eigenvalue weighted by Gasteiger charge is 2.14. The summed E-state index contributed by atoms with van der Waals surface area (Å²) < 4.78 is 0. The van der Waals surface area contributed by atoms with Crippen LogP contribution in [0.5, 0.6) is 0 Å². The first-order chi connectivity index (χ1) is 8.90. The second-order valence-corrected chi connectivity index (χ2v) is 6.06. The fraction of sp³-hybridized carbons (Fsp3) is 0.562. The standard InChI is InChI=1S/C16H23N3/c1-9(2)13-7-12-14(8-17-13)18-16(11(5)6)19-15(12)10(3)4/h7-11H,1-6H3. The van der Waals surface area contributed by atoms with Crippen molar-refractivity contribution < 1.29 is 0 Å². The predicted molar refractivity (Wildman–Crippen MR) is 79.6 cm³/mol. The second-order valence-electron chi connectivity index (χ2n) is 6.06. The van der Waals surface area contributed by atoms with Gasteiger partial charge in [-0.25, -0.2) is 9.97 Å². The minimum Gasteiger partial charge on any atom is -0.259 e. The molecular formula is C16H23N3. The monoisotopic (exact) mass is 257 g/mol. The van der Waals surface area contributed by atoms with E-state index in [0.29, 0.717) is 17.8 Å². The molecule has 3 heteroatoms. The molecule has 2 rings (SSSR count). The minimum atomic E-state index is 0.340. The van der Waals surface area contributed by atoms with E-state index >= 15 is 0 Å². The van der Waals surface area contributed by atoms with Crippen LogP contribution in [0.1, 0.15) is 76.5 Å². The quantitative estimate of drug-likeness (QED) is 0.818.